The van der Waals surface area contributed by atoms with E-state index in [2.05, 4.69) is 24.1 Å². The van der Waals surface area contributed by atoms with Crippen molar-refractivity contribution in [2.75, 3.05) is 24.5 Å². The Morgan fingerprint density at radius 1 is 0.976 bits per heavy atom. The minimum Gasteiger partial charge on any atom is -0.488 e. The zero-order valence-electron chi connectivity index (χ0n) is 25.1. The first-order valence-corrected chi connectivity index (χ1v) is 14.4. The standard InChI is InChI=1S/C28H30F3N3O2.C3H8.C2H6/c1-20-11-12-23(21(2)33-20)27(18-32-19-35)13-15-34(16-14-27)24-9-6-10-25(26(24)28(29,30)31)36-17-22-7-4-3-5-8-22;1-3-2;1-2/h3-12,19H,13-18H2,1-2H3,(H,32,35);3H2,1-2H3;1-2H3. The Hall–Kier alpha value is -3.55. The molecule has 0 spiro atoms. The number of piperidine rings is 1. The quantitative estimate of drug-likeness (QED) is 0.278. The van der Waals surface area contributed by atoms with Gasteiger partial charge in [0.2, 0.25) is 6.41 Å². The van der Waals surface area contributed by atoms with Crippen molar-refractivity contribution in [1.82, 2.24) is 10.3 Å². The molecular formula is C33H44F3N3O2. The average molecular weight is 572 g/mol. The summed E-state index contributed by atoms with van der Waals surface area (Å²) in [5.74, 6) is -0.179. The van der Waals surface area contributed by atoms with Crippen LogP contribution < -0.4 is 15.0 Å². The van der Waals surface area contributed by atoms with Gasteiger partial charge in [-0.3, -0.25) is 9.78 Å². The molecule has 224 valence electrons. The van der Waals surface area contributed by atoms with E-state index in [0.717, 1.165) is 22.5 Å². The van der Waals surface area contributed by atoms with Gasteiger partial charge in [-0.15, -0.1) is 0 Å². The van der Waals surface area contributed by atoms with Gasteiger partial charge in [0.25, 0.3) is 0 Å². The average Bonchev–Trinajstić information content (AvgIpc) is 2.96. The third-order valence-electron chi connectivity index (χ3n) is 6.91. The second-order valence-corrected chi connectivity index (χ2v) is 9.98. The van der Waals surface area contributed by atoms with Gasteiger partial charge in [0, 0.05) is 36.4 Å². The molecule has 5 nitrogen and oxygen atoms in total. The van der Waals surface area contributed by atoms with E-state index in [1.54, 1.807) is 11.0 Å². The number of alkyl halides is 3. The molecule has 0 unspecified atom stereocenters. The number of nitrogens with zero attached hydrogens (tertiary/aromatic N) is 2. The number of aromatic nitrogens is 1. The lowest BCUT2D eigenvalue weighted by atomic mass is 9.72. The van der Waals surface area contributed by atoms with Crippen molar-refractivity contribution < 1.29 is 22.7 Å². The van der Waals surface area contributed by atoms with E-state index in [0.29, 0.717) is 38.9 Å². The van der Waals surface area contributed by atoms with Crippen molar-refractivity contribution in [2.24, 2.45) is 0 Å². The zero-order valence-corrected chi connectivity index (χ0v) is 25.1. The largest absolute Gasteiger partial charge is 0.488 e. The summed E-state index contributed by atoms with van der Waals surface area (Å²) in [5.41, 5.74) is 2.55. The topological polar surface area (TPSA) is 54.5 Å². The number of aryl methyl sites for hydroxylation is 2. The normalized spacial score (nSPS) is 14.1. The second-order valence-electron chi connectivity index (χ2n) is 9.98. The summed E-state index contributed by atoms with van der Waals surface area (Å²) >= 11 is 0. The Labute approximate surface area is 243 Å². The third-order valence-corrected chi connectivity index (χ3v) is 6.91. The summed E-state index contributed by atoms with van der Waals surface area (Å²) in [6, 6.07) is 17.6. The number of amides is 1. The Bertz CT molecular complexity index is 1210. The van der Waals surface area contributed by atoms with E-state index in [9.17, 15) is 18.0 Å². The van der Waals surface area contributed by atoms with Gasteiger partial charge in [-0.05, 0) is 56.0 Å². The van der Waals surface area contributed by atoms with E-state index >= 15 is 0 Å². The molecule has 1 fully saturated rings. The molecule has 3 aromatic rings. The van der Waals surface area contributed by atoms with Crippen molar-refractivity contribution >= 4 is 12.1 Å². The number of ether oxygens (including phenoxy) is 1. The van der Waals surface area contributed by atoms with Crippen LogP contribution in [0.5, 0.6) is 5.75 Å². The number of nitrogens with one attached hydrogen (secondary N) is 1. The first kappa shape index (κ1) is 33.7. The first-order chi connectivity index (χ1) is 19.6. The third kappa shape index (κ3) is 8.97. The molecule has 1 saturated heterocycles. The fourth-order valence-corrected chi connectivity index (χ4v) is 5.12. The van der Waals surface area contributed by atoms with Crippen LogP contribution in [0.4, 0.5) is 18.9 Å². The van der Waals surface area contributed by atoms with Crippen LogP contribution in [0.1, 0.15) is 75.0 Å². The number of hydrogen-bond donors (Lipinski definition) is 1. The minimum absolute atomic E-state index is 0.0492. The predicted octanol–water partition coefficient (Wildman–Crippen LogP) is 8.02. The number of halogens is 3. The fraction of sp³-hybridized carbons (Fsp3) is 0.455. The van der Waals surface area contributed by atoms with E-state index in [-0.39, 0.29) is 18.0 Å². The molecule has 1 aliphatic heterocycles. The van der Waals surface area contributed by atoms with Crippen LogP contribution in [0.2, 0.25) is 0 Å². The van der Waals surface area contributed by atoms with Crippen LogP contribution in [0.3, 0.4) is 0 Å². The number of pyridine rings is 1. The number of carbonyl (C=O) groups excluding carboxylic acids is 1. The maximum atomic E-state index is 14.3. The van der Waals surface area contributed by atoms with Crippen LogP contribution in [-0.2, 0) is 23.0 Å². The molecule has 0 atom stereocenters. The fourth-order valence-electron chi connectivity index (χ4n) is 5.12. The number of rotatable bonds is 8. The Balaban J connectivity index is 0.00000110. The van der Waals surface area contributed by atoms with Crippen molar-refractivity contribution in [3.8, 4) is 5.75 Å². The molecule has 4 rings (SSSR count). The summed E-state index contributed by atoms with van der Waals surface area (Å²) in [5, 5.41) is 2.80. The van der Waals surface area contributed by atoms with Crippen molar-refractivity contribution in [3.05, 3.63) is 88.7 Å². The molecule has 1 aromatic heterocycles. The van der Waals surface area contributed by atoms with Gasteiger partial charge in [-0.2, -0.15) is 13.2 Å². The Morgan fingerprint density at radius 3 is 2.17 bits per heavy atom. The maximum Gasteiger partial charge on any atom is 0.421 e. The highest BCUT2D eigenvalue weighted by molar-refractivity contribution is 5.61. The lowest BCUT2D eigenvalue weighted by Gasteiger charge is -2.44. The minimum atomic E-state index is -4.58. The second kappa shape index (κ2) is 16.0. The molecule has 41 heavy (non-hydrogen) atoms. The summed E-state index contributed by atoms with van der Waals surface area (Å²) < 4.78 is 48.6. The summed E-state index contributed by atoms with van der Waals surface area (Å²) in [4.78, 5) is 17.5. The van der Waals surface area contributed by atoms with Crippen LogP contribution in [-0.4, -0.2) is 31.0 Å². The summed E-state index contributed by atoms with van der Waals surface area (Å²) in [7, 11) is 0. The van der Waals surface area contributed by atoms with Gasteiger partial charge in [-0.25, -0.2) is 0 Å². The molecule has 2 heterocycles. The van der Waals surface area contributed by atoms with Gasteiger partial charge in [-0.1, -0.05) is 76.6 Å². The van der Waals surface area contributed by atoms with E-state index in [1.165, 1.54) is 18.6 Å². The zero-order chi connectivity index (χ0) is 30.5. The molecule has 0 aliphatic carbocycles. The number of benzene rings is 2. The highest BCUT2D eigenvalue weighted by Crippen LogP contribution is 2.45. The van der Waals surface area contributed by atoms with Gasteiger partial charge in [0.15, 0.2) is 0 Å². The molecule has 8 heteroatoms. The molecule has 0 radical (unpaired) electrons. The first-order valence-electron chi connectivity index (χ1n) is 14.4. The predicted molar refractivity (Wildman–Crippen MR) is 160 cm³/mol. The van der Waals surface area contributed by atoms with Gasteiger partial charge < -0.3 is 15.0 Å². The van der Waals surface area contributed by atoms with Crippen LogP contribution in [0.25, 0.3) is 0 Å². The Morgan fingerprint density at radius 2 is 1.61 bits per heavy atom. The van der Waals surface area contributed by atoms with Crippen molar-refractivity contribution in [1.29, 1.82) is 0 Å². The van der Waals surface area contributed by atoms with E-state index < -0.39 is 17.2 Å². The summed E-state index contributed by atoms with van der Waals surface area (Å²) in [6.07, 6.45) is -1.51. The maximum absolute atomic E-state index is 14.3. The van der Waals surface area contributed by atoms with Crippen LogP contribution >= 0.6 is 0 Å². The molecule has 0 bridgehead atoms. The SMILES string of the molecule is CC.CCC.Cc1ccc(C2(CNC=O)CCN(c3cccc(OCc4ccccc4)c3C(F)(F)F)CC2)c(C)n1. The molecule has 0 saturated carbocycles. The number of carbonyl (C=O) groups is 1. The number of hydrogen-bond acceptors (Lipinski definition) is 4. The van der Waals surface area contributed by atoms with Crippen molar-refractivity contribution in [3.63, 3.8) is 0 Å². The number of anilines is 1. The Kier molecular flexibility index (Phi) is 13.2. The molecule has 2 aromatic carbocycles. The van der Waals surface area contributed by atoms with Gasteiger partial charge in [0.05, 0.1) is 5.69 Å². The molecule has 1 N–H and O–H groups in total. The summed E-state index contributed by atoms with van der Waals surface area (Å²) in [6.45, 7) is 13.4. The van der Waals surface area contributed by atoms with E-state index in [4.69, 9.17) is 4.74 Å². The van der Waals surface area contributed by atoms with E-state index in [1.807, 2.05) is 70.2 Å². The van der Waals surface area contributed by atoms with Crippen LogP contribution in [0.15, 0.2) is 60.7 Å². The molecule has 1 amide bonds. The van der Waals surface area contributed by atoms with Gasteiger partial charge in [0.1, 0.15) is 17.9 Å². The van der Waals surface area contributed by atoms with Crippen molar-refractivity contribution in [2.45, 2.75) is 79.0 Å². The highest BCUT2D eigenvalue weighted by Gasteiger charge is 2.42. The molecule has 1 aliphatic rings. The highest BCUT2D eigenvalue weighted by atomic mass is 19.4. The smallest absolute Gasteiger partial charge is 0.421 e. The monoisotopic (exact) mass is 571 g/mol. The lowest BCUT2D eigenvalue weighted by molar-refractivity contribution is -0.138. The van der Waals surface area contributed by atoms with Crippen LogP contribution in [0, 0.1) is 13.8 Å². The lowest BCUT2D eigenvalue weighted by Crippen LogP contribution is -2.48. The molecular weight excluding hydrogens is 527 g/mol. The van der Waals surface area contributed by atoms with Gasteiger partial charge >= 0.3 is 6.18 Å².